The third kappa shape index (κ3) is 3.84. The molecule has 0 unspecified atom stereocenters. The molecule has 2 heterocycles. The fraction of sp³-hybridized carbons (Fsp3) is 0.160. The molecule has 3 aromatic carbocycles. The van der Waals surface area contributed by atoms with Crippen molar-refractivity contribution in [2.75, 3.05) is 0 Å². The summed E-state index contributed by atoms with van der Waals surface area (Å²) in [5, 5.41) is 3.43. The molecule has 0 bridgehead atoms. The number of alkyl halides is 3. The fourth-order valence-electron chi connectivity index (χ4n) is 3.63. The monoisotopic (exact) mass is 453 g/mol. The van der Waals surface area contributed by atoms with Gasteiger partial charge in [0.15, 0.2) is 5.58 Å². The van der Waals surface area contributed by atoms with E-state index in [4.69, 9.17) is 9.15 Å². The number of thiophene rings is 1. The van der Waals surface area contributed by atoms with Crippen LogP contribution in [0.4, 0.5) is 13.2 Å². The van der Waals surface area contributed by atoms with Crippen LogP contribution in [0.5, 0.6) is 5.75 Å². The van der Waals surface area contributed by atoms with Crippen molar-refractivity contribution in [3.63, 3.8) is 0 Å². The molecule has 5 rings (SSSR count). The Labute approximate surface area is 186 Å². The fourth-order valence-corrected chi connectivity index (χ4v) is 4.71. The molecule has 32 heavy (non-hydrogen) atoms. The smallest absolute Gasteiger partial charge is 0.416 e. The van der Waals surface area contributed by atoms with E-state index in [2.05, 4.69) is 23.4 Å². The Morgan fingerprint density at radius 2 is 1.81 bits per heavy atom. The van der Waals surface area contributed by atoms with E-state index in [9.17, 15) is 13.2 Å². The standard InChI is InChI=1S/C25H18F3NO2S/c1-2-15-14-32-22-12-19(10-11-20(15)22)30-13-17-4-3-5-21-23(17)31-24(29-21)16-6-8-18(9-7-16)25(26,27)28/h3-12,14H,2,13H2,1H3. The maximum Gasteiger partial charge on any atom is 0.416 e. The highest BCUT2D eigenvalue weighted by Crippen LogP contribution is 2.33. The number of para-hydroxylation sites is 1. The van der Waals surface area contributed by atoms with Gasteiger partial charge in [0.05, 0.1) is 5.56 Å². The van der Waals surface area contributed by atoms with Crippen LogP contribution in [0.3, 0.4) is 0 Å². The minimum absolute atomic E-state index is 0.272. The maximum absolute atomic E-state index is 12.8. The van der Waals surface area contributed by atoms with Gasteiger partial charge in [0.25, 0.3) is 0 Å². The average Bonchev–Trinajstić information content (AvgIpc) is 3.41. The average molecular weight is 453 g/mol. The Morgan fingerprint density at radius 1 is 1.00 bits per heavy atom. The molecule has 2 aromatic heterocycles. The van der Waals surface area contributed by atoms with Crippen molar-refractivity contribution >= 4 is 32.5 Å². The second kappa shape index (κ2) is 7.98. The lowest BCUT2D eigenvalue weighted by Crippen LogP contribution is -2.03. The molecular weight excluding hydrogens is 435 g/mol. The summed E-state index contributed by atoms with van der Waals surface area (Å²) < 4.78 is 51.6. The first-order valence-electron chi connectivity index (χ1n) is 10.1. The maximum atomic E-state index is 12.8. The number of rotatable bonds is 5. The van der Waals surface area contributed by atoms with Gasteiger partial charge in [0.1, 0.15) is 17.9 Å². The summed E-state index contributed by atoms with van der Waals surface area (Å²) in [7, 11) is 0. The molecule has 0 aliphatic rings. The molecule has 7 heteroatoms. The van der Waals surface area contributed by atoms with Crippen molar-refractivity contribution in [3.8, 4) is 17.2 Å². The summed E-state index contributed by atoms with van der Waals surface area (Å²) in [6, 6.07) is 16.4. The molecule has 3 nitrogen and oxygen atoms in total. The SMILES string of the molecule is CCc1csc2cc(OCc3cccc4nc(-c5ccc(C(F)(F)F)cc5)oc34)ccc12. The zero-order chi connectivity index (χ0) is 22.3. The number of oxazole rings is 1. The lowest BCUT2D eigenvalue weighted by atomic mass is 10.1. The van der Waals surface area contributed by atoms with E-state index in [0.717, 1.165) is 29.9 Å². The molecule has 0 saturated carbocycles. The molecule has 162 valence electrons. The van der Waals surface area contributed by atoms with Gasteiger partial charge >= 0.3 is 6.18 Å². The highest BCUT2D eigenvalue weighted by Gasteiger charge is 2.30. The van der Waals surface area contributed by atoms with Gasteiger partial charge in [-0.1, -0.05) is 19.1 Å². The Morgan fingerprint density at radius 3 is 2.56 bits per heavy atom. The lowest BCUT2D eigenvalue weighted by Gasteiger charge is -2.07. The Balaban J connectivity index is 1.40. The van der Waals surface area contributed by atoms with E-state index in [1.807, 2.05) is 24.3 Å². The largest absolute Gasteiger partial charge is 0.489 e. The van der Waals surface area contributed by atoms with Gasteiger partial charge in [0.2, 0.25) is 5.89 Å². The Hall–Kier alpha value is -3.32. The minimum Gasteiger partial charge on any atom is -0.489 e. The van der Waals surface area contributed by atoms with Crippen LogP contribution in [-0.4, -0.2) is 4.98 Å². The van der Waals surface area contributed by atoms with Crippen molar-refractivity contribution in [1.82, 2.24) is 4.98 Å². The van der Waals surface area contributed by atoms with Crippen LogP contribution in [0.1, 0.15) is 23.6 Å². The summed E-state index contributed by atoms with van der Waals surface area (Å²) in [6.07, 6.45) is -3.39. The molecule has 0 saturated heterocycles. The van der Waals surface area contributed by atoms with E-state index in [-0.39, 0.29) is 12.5 Å². The molecule has 0 amide bonds. The summed E-state index contributed by atoms with van der Waals surface area (Å²) in [4.78, 5) is 4.44. The van der Waals surface area contributed by atoms with Gasteiger partial charge in [-0.2, -0.15) is 13.2 Å². The number of hydrogen-bond donors (Lipinski definition) is 0. The number of aryl methyl sites for hydroxylation is 1. The number of fused-ring (bicyclic) bond motifs is 2. The molecule has 0 spiro atoms. The van der Waals surface area contributed by atoms with Crippen LogP contribution in [-0.2, 0) is 19.2 Å². The van der Waals surface area contributed by atoms with Crippen LogP contribution in [0.25, 0.3) is 32.6 Å². The normalized spacial score (nSPS) is 12.0. The van der Waals surface area contributed by atoms with Crippen molar-refractivity contribution in [3.05, 3.63) is 82.7 Å². The molecular formula is C25H18F3NO2S. The van der Waals surface area contributed by atoms with Gasteiger partial charge in [-0.3, -0.25) is 0 Å². The zero-order valence-corrected chi connectivity index (χ0v) is 17.9. The van der Waals surface area contributed by atoms with Gasteiger partial charge in [-0.25, -0.2) is 4.98 Å². The number of ether oxygens (including phenoxy) is 1. The van der Waals surface area contributed by atoms with Crippen LogP contribution in [0, 0.1) is 0 Å². The topological polar surface area (TPSA) is 35.3 Å². The predicted octanol–water partition coefficient (Wildman–Crippen LogP) is 7.87. The number of hydrogen-bond acceptors (Lipinski definition) is 4. The number of halogens is 3. The molecule has 0 N–H and O–H groups in total. The third-order valence-electron chi connectivity index (χ3n) is 5.36. The summed E-state index contributed by atoms with van der Waals surface area (Å²) >= 11 is 1.70. The minimum atomic E-state index is -4.38. The second-order valence-electron chi connectivity index (χ2n) is 7.42. The van der Waals surface area contributed by atoms with E-state index in [1.54, 1.807) is 17.4 Å². The van der Waals surface area contributed by atoms with Crippen molar-refractivity contribution in [2.24, 2.45) is 0 Å². The van der Waals surface area contributed by atoms with Crippen LogP contribution in [0.15, 0.2) is 70.5 Å². The first kappa shape index (κ1) is 20.6. The van der Waals surface area contributed by atoms with Crippen LogP contribution in [0.2, 0.25) is 0 Å². The highest BCUT2D eigenvalue weighted by molar-refractivity contribution is 7.17. The lowest BCUT2D eigenvalue weighted by molar-refractivity contribution is -0.137. The Bertz CT molecular complexity index is 1400. The van der Waals surface area contributed by atoms with Crippen molar-refractivity contribution in [2.45, 2.75) is 26.1 Å². The van der Waals surface area contributed by atoms with Crippen LogP contribution < -0.4 is 4.74 Å². The zero-order valence-electron chi connectivity index (χ0n) is 17.1. The number of benzene rings is 3. The number of nitrogens with zero attached hydrogens (tertiary/aromatic N) is 1. The van der Waals surface area contributed by atoms with Crippen molar-refractivity contribution < 1.29 is 22.3 Å². The highest BCUT2D eigenvalue weighted by atomic mass is 32.1. The predicted molar refractivity (Wildman–Crippen MR) is 120 cm³/mol. The summed E-state index contributed by atoms with van der Waals surface area (Å²) in [5.74, 6) is 1.04. The molecule has 5 aromatic rings. The summed E-state index contributed by atoms with van der Waals surface area (Å²) in [5.41, 5.74) is 3.11. The third-order valence-corrected chi connectivity index (χ3v) is 6.35. The Kier molecular flexibility index (Phi) is 5.13. The van der Waals surface area contributed by atoms with Gasteiger partial charge < -0.3 is 9.15 Å². The quantitative estimate of drug-likeness (QED) is 0.272. The number of aromatic nitrogens is 1. The van der Waals surface area contributed by atoms with E-state index in [0.29, 0.717) is 16.7 Å². The van der Waals surface area contributed by atoms with E-state index < -0.39 is 11.7 Å². The molecule has 0 aliphatic heterocycles. The van der Waals surface area contributed by atoms with Gasteiger partial charge in [-0.05, 0) is 71.3 Å². The van der Waals surface area contributed by atoms with Gasteiger partial charge in [0, 0.05) is 15.8 Å². The second-order valence-corrected chi connectivity index (χ2v) is 8.33. The molecule has 0 radical (unpaired) electrons. The van der Waals surface area contributed by atoms with Crippen LogP contribution >= 0.6 is 11.3 Å². The van der Waals surface area contributed by atoms with E-state index >= 15 is 0 Å². The first-order chi connectivity index (χ1) is 15.4. The van der Waals surface area contributed by atoms with Crippen molar-refractivity contribution in [1.29, 1.82) is 0 Å². The van der Waals surface area contributed by atoms with E-state index in [1.165, 1.54) is 27.8 Å². The summed E-state index contributed by atoms with van der Waals surface area (Å²) in [6.45, 7) is 2.43. The molecule has 0 fully saturated rings. The first-order valence-corrected chi connectivity index (χ1v) is 11.0. The van der Waals surface area contributed by atoms with Gasteiger partial charge in [-0.15, -0.1) is 11.3 Å². The molecule has 0 atom stereocenters. The molecule has 0 aliphatic carbocycles.